The summed E-state index contributed by atoms with van der Waals surface area (Å²) in [5, 5.41) is 3.64. The highest BCUT2D eigenvalue weighted by Crippen LogP contribution is 2.28. The molecule has 1 aromatic carbocycles. The first kappa shape index (κ1) is 14.3. The standard InChI is InChI=1S/C14H16ClN3O2/c1-19-12-4-3-9(5-13(12)20-2)7-17-14-11(15)6-10(16)8-18-14/h3-6,8H,7,16H2,1-2H3,(H,17,18). The molecule has 20 heavy (non-hydrogen) atoms. The van der Waals surface area contributed by atoms with Crippen LogP contribution in [0.15, 0.2) is 30.5 Å². The molecule has 0 aliphatic rings. The fourth-order valence-corrected chi connectivity index (χ4v) is 2.00. The number of hydrogen-bond donors (Lipinski definition) is 2. The lowest BCUT2D eigenvalue weighted by Crippen LogP contribution is -2.03. The second-order valence-corrected chi connectivity index (χ2v) is 4.55. The van der Waals surface area contributed by atoms with Crippen LogP contribution in [0.5, 0.6) is 11.5 Å². The highest BCUT2D eigenvalue weighted by Gasteiger charge is 2.06. The van der Waals surface area contributed by atoms with E-state index in [0.717, 1.165) is 5.56 Å². The maximum absolute atomic E-state index is 6.05. The molecule has 1 aromatic heterocycles. The second kappa shape index (κ2) is 6.34. The van der Waals surface area contributed by atoms with Crippen LogP contribution >= 0.6 is 11.6 Å². The van der Waals surface area contributed by atoms with Gasteiger partial charge in [0.15, 0.2) is 11.5 Å². The number of benzene rings is 1. The Morgan fingerprint density at radius 3 is 2.60 bits per heavy atom. The van der Waals surface area contributed by atoms with Crippen molar-refractivity contribution in [1.82, 2.24) is 4.98 Å². The number of aromatic nitrogens is 1. The Hall–Kier alpha value is -2.14. The molecular weight excluding hydrogens is 278 g/mol. The summed E-state index contributed by atoms with van der Waals surface area (Å²) in [4.78, 5) is 4.15. The third-order valence-corrected chi connectivity index (χ3v) is 3.06. The average molecular weight is 294 g/mol. The van der Waals surface area contributed by atoms with E-state index in [-0.39, 0.29) is 0 Å². The predicted molar refractivity (Wildman–Crippen MR) is 80.5 cm³/mol. The fraction of sp³-hybridized carbons (Fsp3) is 0.214. The summed E-state index contributed by atoms with van der Waals surface area (Å²) in [7, 11) is 3.21. The van der Waals surface area contributed by atoms with Crippen LogP contribution in [0.2, 0.25) is 5.02 Å². The molecule has 1 heterocycles. The molecule has 0 aliphatic heterocycles. The van der Waals surface area contributed by atoms with Gasteiger partial charge in [-0.25, -0.2) is 4.98 Å². The molecule has 106 valence electrons. The number of rotatable bonds is 5. The minimum atomic E-state index is 0.491. The van der Waals surface area contributed by atoms with E-state index in [1.807, 2.05) is 18.2 Å². The first-order valence-corrected chi connectivity index (χ1v) is 6.37. The van der Waals surface area contributed by atoms with Gasteiger partial charge in [-0.05, 0) is 23.8 Å². The Morgan fingerprint density at radius 2 is 1.95 bits per heavy atom. The number of nitrogen functional groups attached to an aromatic ring is 1. The van der Waals surface area contributed by atoms with Crippen LogP contribution < -0.4 is 20.5 Å². The van der Waals surface area contributed by atoms with Crippen LogP contribution in [-0.2, 0) is 6.54 Å². The van der Waals surface area contributed by atoms with Crippen molar-refractivity contribution in [2.45, 2.75) is 6.54 Å². The van der Waals surface area contributed by atoms with Gasteiger partial charge in [0.25, 0.3) is 0 Å². The molecule has 5 nitrogen and oxygen atoms in total. The molecule has 0 atom stereocenters. The van der Waals surface area contributed by atoms with E-state index in [1.54, 1.807) is 26.5 Å². The maximum atomic E-state index is 6.05. The minimum Gasteiger partial charge on any atom is -0.493 e. The van der Waals surface area contributed by atoms with Gasteiger partial charge in [-0.1, -0.05) is 17.7 Å². The van der Waals surface area contributed by atoms with E-state index in [9.17, 15) is 0 Å². The molecule has 0 aliphatic carbocycles. The van der Waals surface area contributed by atoms with Gasteiger partial charge in [-0.2, -0.15) is 0 Å². The number of pyridine rings is 1. The molecular formula is C14H16ClN3O2. The van der Waals surface area contributed by atoms with Crippen LogP contribution in [0, 0.1) is 0 Å². The van der Waals surface area contributed by atoms with Crippen molar-refractivity contribution in [3.8, 4) is 11.5 Å². The van der Waals surface area contributed by atoms with E-state index in [4.69, 9.17) is 26.8 Å². The smallest absolute Gasteiger partial charge is 0.161 e. The first-order valence-electron chi connectivity index (χ1n) is 6.00. The van der Waals surface area contributed by atoms with Crippen molar-refractivity contribution in [3.63, 3.8) is 0 Å². The number of nitrogens with two attached hydrogens (primary N) is 1. The molecule has 0 bridgehead atoms. The highest BCUT2D eigenvalue weighted by molar-refractivity contribution is 6.33. The van der Waals surface area contributed by atoms with E-state index in [0.29, 0.717) is 34.6 Å². The molecule has 6 heteroatoms. The average Bonchev–Trinajstić information content (AvgIpc) is 2.46. The zero-order chi connectivity index (χ0) is 14.5. The van der Waals surface area contributed by atoms with Gasteiger partial charge in [0.2, 0.25) is 0 Å². The quantitative estimate of drug-likeness (QED) is 0.887. The summed E-state index contributed by atoms with van der Waals surface area (Å²) < 4.78 is 10.5. The normalized spacial score (nSPS) is 10.2. The summed E-state index contributed by atoms with van der Waals surface area (Å²) in [6.07, 6.45) is 1.56. The Balaban J connectivity index is 2.10. The lowest BCUT2D eigenvalue weighted by Gasteiger charge is -2.11. The molecule has 0 spiro atoms. The molecule has 0 unspecified atom stereocenters. The number of ether oxygens (including phenoxy) is 2. The predicted octanol–water partition coefficient (Wildman–Crippen LogP) is 2.95. The van der Waals surface area contributed by atoms with Crippen LogP contribution in [0.25, 0.3) is 0 Å². The maximum Gasteiger partial charge on any atom is 0.161 e. The number of methoxy groups -OCH3 is 2. The number of nitrogens with one attached hydrogen (secondary N) is 1. The molecule has 0 amide bonds. The van der Waals surface area contributed by atoms with Gasteiger partial charge in [-0.15, -0.1) is 0 Å². The van der Waals surface area contributed by atoms with E-state index < -0.39 is 0 Å². The molecule has 2 aromatic rings. The summed E-state index contributed by atoms with van der Waals surface area (Å²) in [6.45, 7) is 0.566. The zero-order valence-electron chi connectivity index (χ0n) is 11.3. The van der Waals surface area contributed by atoms with Gasteiger partial charge >= 0.3 is 0 Å². The summed E-state index contributed by atoms with van der Waals surface area (Å²) in [5.41, 5.74) is 7.16. The Morgan fingerprint density at radius 1 is 1.20 bits per heavy atom. The summed E-state index contributed by atoms with van der Waals surface area (Å²) >= 11 is 6.05. The Bertz CT molecular complexity index is 605. The monoisotopic (exact) mass is 293 g/mol. The van der Waals surface area contributed by atoms with Gasteiger partial charge in [0.05, 0.1) is 31.1 Å². The van der Waals surface area contributed by atoms with Gasteiger partial charge in [0.1, 0.15) is 5.82 Å². The third kappa shape index (κ3) is 3.24. The van der Waals surface area contributed by atoms with Crippen LogP contribution in [0.4, 0.5) is 11.5 Å². The third-order valence-electron chi connectivity index (χ3n) is 2.77. The van der Waals surface area contributed by atoms with Crippen molar-refractivity contribution in [3.05, 3.63) is 41.0 Å². The molecule has 0 saturated heterocycles. The lowest BCUT2D eigenvalue weighted by molar-refractivity contribution is 0.354. The van der Waals surface area contributed by atoms with E-state index >= 15 is 0 Å². The van der Waals surface area contributed by atoms with Crippen LogP contribution in [0.1, 0.15) is 5.56 Å². The van der Waals surface area contributed by atoms with Gasteiger partial charge < -0.3 is 20.5 Å². The van der Waals surface area contributed by atoms with Crippen LogP contribution in [-0.4, -0.2) is 19.2 Å². The number of anilines is 2. The molecule has 0 fully saturated rings. The van der Waals surface area contributed by atoms with Crippen LogP contribution in [0.3, 0.4) is 0 Å². The Kier molecular flexibility index (Phi) is 4.53. The van der Waals surface area contributed by atoms with E-state index in [2.05, 4.69) is 10.3 Å². The highest BCUT2D eigenvalue weighted by atomic mass is 35.5. The lowest BCUT2D eigenvalue weighted by atomic mass is 10.2. The molecule has 2 rings (SSSR count). The fourth-order valence-electron chi connectivity index (χ4n) is 1.76. The molecule has 3 N–H and O–H groups in total. The van der Waals surface area contributed by atoms with Gasteiger partial charge in [0, 0.05) is 6.54 Å². The molecule has 0 radical (unpaired) electrons. The minimum absolute atomic E-state index is 0.491. The second-order valence-electron chi connectivity index (χ2n) is 4.14. The first-order chi connectivity index (χ1) is 9.63. The van der Waals surface area contributed by atoms with E-state index in [1.165, 1.54) is 0 Å². The number of hydrogen-bond acceptors (Lipinski definition) is 5. The zero-order valence-corrected chi connectivity index (χ0v) is 12.1. The SMILES string of the molecule is COc1ccc(CNc2ncc(N)cc2Cl)cc1OC. The summed E-state index contributed by atoms with van der Waals surface area (Å²) in [6, 6.07) is 7.36. The van der Waals surface area contributed by atoms with Gasteiger partial charge in [-0.3, -0.25) is 0 Å². The van der Waals surface area contributed by atoms with Crippen molar-refractivity contribution in [1.29, 1.82) is 0 Å². The van der Waals surface area contributed by atoms with Crippen molar-refractivity contribution in [2.75, 3.05) is 25.3 Å². The van der Waals surface area contributed by atoms with Crippen molar-refractivity contribution < 1.29 is 9.47 Å². The topological polar surface area (TPSA) is 69.4 Å². The molecule has 0 saturated carbocycles. The largest absolute Gasteiger partial charge is 0.493 e. The number of halogens is 1. The Labute approximate surface area is 122 Å². The number of nitrogens with zero attached hydrogens (tertiary/aromatic N) is 1. The van der Waals surface area contributed by atoms with Crippen molar-refractivity contribution >= 4 is 23.1 Å². The summed E-state index contributed by atoms with van der Waals surface area (Å²) in [5.74, 6) is 1.97. The van der Waals surface area contributed by atoms with Crippen molar-refractivity contribution in [2.24, 2.45) is 0 Å².